The van der Waals surface area contributed by atoms with Gasteiger partial charge in [0.25, 0.3) is 0 Å². The highest BCUT2D eigenvalue weighted by Gasteiger charge is 2.04. The monoisotopic (exact) mass is 568 g/mol. The van der Waals surface area contributed by atoms with E-state index in [9.17, 15) is 4.79 Å². The fourth-order valence-electron chi connectivity index (χ4n) is 2.26. The van der Waals surface area contributed by atoms with Crippen LogP contribution < -0.4 is 5.73 Å². The van der Waals surface area contributed by atoms with E-state index in [0.717, 1.165) is 20.1 Å². The summed E-state index contributed by atoms with van der Waals surface area (Å²) in [5.41, 5.74) is 6.91. The molecule has 0 aliphatic rings. The smallest absolute Gasteiger partial charge is 0.310 e. The maximum atomic E-state index is 11.1. The van der Waals surface area contributed by atoms with Crippen molar-refractivity contribution in [3.8, 4) is 0 Å². The highest BCUT2D eigenvalue weighted by Crippen LogP contribution is 2.14. The lowest BCUT2D eigenvalue weighted by Crippen LogP contribution is -2.07. The van der Waals surface area contributed by atoms with Crippen molar-refractivity contribution in [3.05, 3.63) is 80.3 Å². The molecule has 2 aromatic carbocycles. The van der Waals surface area contributed by atoms with Crippen LogP contribution in [0.5, 0.6) is 0 Å². The highest BCUT2D eigenvalue weighted by molar-refractivity contribution is 9.10. The molecule has 0 spiro atoms. The molecule has 0 saturated heterocycles. The van der Waals surface area contributed by atoms with E-state index < -0.39 is 0 Å². The number of carbonyl (C=O) groups excluding carboxylic acids is 1. The maximum Gasteiger partial charge on any atom is 0.310 e. The quantitative estimate of drug-likeness (QED) is 0.145. The lowest BCUT2D eigenvalue weighted by atomic mass is 10.1. The number of nitrogens with zero attached hydrogens (tertiary/aromatic N) is 3. The van der Waals surface area contributed by atoms with Gasteiger partial charge in [-0.3, -0.25) is 4.79 Å². The summed E-state index contributed by atoms with van der Waals surface area (Å²) in [4.78, 5) is 15.2. The number of oxime groups is 1. The number of aryl methyl sites for hydroxylation is 1. The van der Waals surface area contributed by atoms with Crippen molar-refractivity contribution in [1.82, 2.24) is 10.1 Å². The van der Waals surface area contributed by atoms with E-state index in [1.807, 2.05) is 55.5 Å². The summed E-state index contributed by atoms with van der Waals surface area (Å²) >= 11 is 6.75. The Labute approximate surface area is 204 Å². The number of hydrogen-bond acceptors (Lipinski definition) is 7. The Morgan fingerprint density at radius 1 is 1.16 bits per heavy atom. The van der Waals surface area contributed by atoms with Crippen molar-refractivity contribution in [2.24, 2.45) is 10.9 Å². The number of carbonyl (C=O) groups is 1. The number of nitrogens with two attached hydrogens (primary N) is 1. The molecule has 172 valence electrons. The second-order valence-corrected chi connectivity index (χ2v) is 8.23. The Morgan fingerprint density at radius 2 is 1.72 bits per heavy atom. The van der Waals surface area contributed by atoms with Gasteiger partial charge in [-0.2, -0.15) is 4.98 Å². The Morgan fingerprint density at radius 3 is 2.19 bits per heavy atom. The summed E-state index contributed by atoms with van der Waals surface area (Å²) in [7, 11) is 0. The predicted octanol–water partition coefficient (Wildman–Crippen LogP) is 5.04. The standard InChI is InChI=1S/C10H9BrN2O.C10H11BrO2.C2H6N2O/c1-7-12-10(14-13-7)6-8-3-2-4-9(11)5-8;1-2-13-10(12)7-8-4-3-5-9(11)6-8;1-2(3)4-5/h2-5H,6H2,1H3;3-6H,2,7H2,1H3;5H,1H3,(H2,3,4). The average Bonchev–Trinajstić information content (AvgIpc) is 3.13. The molecule has 0 saturated carbocycles. The van der Waals surface area contributed by atoms with Crippen molar-refractivity contribution >= 4 is 43.7 Å². The lowest BCUT2D eigenvalue weighted by molar-refractivity contribution is -0.142. The molecule has 0 radical (unpaired) electrons. The number of rotatable bonds is 5. The SMILES string of the molecule is C/C(N)=N/O.CCOC(=O)Cc1cccc(Br)c1.Cc1noc(Cc2cccc(Br)c2)n1. The van der Waals surface area contributed by atoms with Crippen LogP contribution in [-0.4, -0.2) is 33.8 Å². The zero-order valence-corrected chi connectivity index (χ0v) is 21.3. The maximum absolute atomic E-state index is 11.1. The van der Waals surface area contributed by atoms with Crippen LogP contribution in [-0.2, 0) is 22.4 Å². The van der Waals surface area contributed by atoms with Crippen molar-refractivity contribution in [3.63, 3.8) is 0 Å². The number of ether oxygens (including phenoxy) is 1. The topological polar surface area (TPSA) is 124 Å². The van der Waals surface area contributed by atoms with Crippen LogP contribution in [0.25, 0.3) is 0 Å². The third-order valence-electron chi connectivity index (χ3n) is 3.51. The molecule has 1 heterocycles. The number of aromatic nitrogens is 2. The van der Waals surface area contributed by atoms with Crippen LogP contribution >= 0.6 is 31.9 Å². The molecule has 0 bridgehead atoms. The molecular formula is C22H26Br2N4O4. The van der Waals surface area contributed by atoms with Gasteiger partial charge in [0.15, 0.2) is 5.82 Å². The molecule has 0 aliphatic heterocycles. The first-order chi connectivity index (χ1) is 15.2. The molecule has 3 rings (SSSR count). The molecule has 0 unspecified atom stereocenters. The molecule has 1 aromatic heterocycles. The Bertz CT molecular complexity index is 1000. The van der Waals surface area contributed by atoms with E-state index in [2.05, 4.69) is 47.2 Å². The van der Waals surface area contributed by atoms with E-state index in [-0.39, 0.29) is 11.8 Å². The van der Waals surface area contributed by atoms with Crippen LogP contribution in [0.2, 0.25) is 0 Å². The first-order valence-electron chi connectivity index (χ1n) is 9.61. The van der Waals surface area contributed by atoms with E-state index in [0.29, 0.717) is 31.2 Å². The minimum Gasteiger partial charge on any atom is -0.466 e. The Hall–Kier alpha value is -2.72. The van der Waals surface area contributed by atoms with Crippen molar-refractivity contribution in [2.75, 3.05) is 6.61 Å². The van der Waals surface area contributed by atoms with Gasteiger partial charge in [-0.05, 0) is 56.2 Å². The van der Waals surface area contributed by atoms with Gasteiger partial charge in [0.2, 0.25) is 5.89 Å². The minimum absolute atomic E-state index is 0.180. The lowest BCUT2D eigenvalue weighted by Gasteiger charge is -2.01. The second kappa shape index (κ2) is 15.1. The van der Waals surface area contributed by atoms with Gasteiger partial charge >= 0.3 is 5.97 Å². The largest absolute Gasteiger partial charge is 0.466 e. The van der Waals surface area contributed by atoms with E-state index >= 15 is 0 Å². The molecule has 10 heteroatoms. The van der Waals surface area contributed by atoms with Gasteiger partial charge in [-0.1, -0.05) is 66.4 Å². The molecule has 0 fully saturated rings. The molecule has 3 N–H and O–H groups in total. The summed E-state index contributed by atoms with van der Waals surface area (Å²) in [6, 6.07) is 15.7. The molecule has 32 heavy (non-hydrogen) atoms. The minimum atomic E-state index is -0.180. The molecule has 0 atom stereocenters. The number of hydrogen-bond donors (Lipinski definition) is 2. The Balaban J connectivity index is 0.000000267. The van der Waals surface area contributed by atoms with Gasteiger partial charge in [-0.25, -0.2) is 0 Å². The first-order valence-corrected chi connectivity index (χ1v) is 11.2. The van der Waals surface area contributed by atoms with Gasteiger partial charge in [0, 0.05) is 8.95 Å². The van der Waals surface area contributed by atoms with Crippen molar-refractivity contribution < 1.29 is 19.3 Å². The molecule has 3 aromatic rings. The zero-order chi connectivity index (χ0) is 23.9. The number of esters is 1. The number of benzene rings is 2. The van der Waals surface area contributed by atoms with Crippen LogP contribution in [0.3, 0.4) is 0 Å². The van der Waals surface area contributed by atoms with Crippen LogP contribution in [0.15, 0.2) is 67.2 Å². The summed E-state index contributed by atoms with van der Waals surface area (Å²) in [6.07, 6.45) is 1.02. The highest BCUT2D eigenvalue weighted by atomic mass is 79.9. The number of amidine groups is 1. The molecule has 0 aliphatic carbocycles. The van der Waals surface area contributed by atoms with Crippen LogP contribution in [0, 0.1) is 6.92 Å². The van der Waals surface area contributed by atoms with Crippen molar-refractivity contribution in [2.45, 2.75) is 33.6 Å². The van der Waals surface area contributed by atoms with Gasteiger partial charge in [0.05, 0.1) is 19.4 Å². The van der Waals surface area contributed by atoms with E-state index in [4.69, 9.17) is 20.2 Å². The molecular weight excluding hydrogens is 544 g/mol. The molecule has 0 amide bonds. The predicted molar refractivity (Wildman–Crippen MR) is 130 cm³/mol. The fourth-order valence-corrected chi connectivity index (χ4v) is 3.15. The van der Waals surface area contributed by atoms with E-state index in [1.54, 1.807) is 6.92 Å². The van der Waals surface area contributed by atoms with Gasteiger partial charge in [0.1, 0.15) is 5.84 Å². The zero-order valence-electron chi connectivity index (χ0n) is 18.1. The fraction of sp³-hybridized carbons (Fsp3) is 0.273. The summed E-state index contributed by atoms with van der Waals surface area (Å²) in [5.74, 6) is 1.33. The second-order valence-electron chi connectivity index (χ2n) is 6.40. The summed E-state index contributed by atoms with van der Waals surface area (Å²) in [6.45, 7) is 5.56. The summed E-state index contributed by atoms with van der Waals surface area (Å²) < 4.78 is 11.9. The number of halogens is 2. The third kappa shape index (κ3) is 12.2. The normalized spacial score (nSPS) is 10.3. The summed E-state index contributed by atoms with van der Waals surface area (Å²) in [5, 5.41) is 13.9. The first kappa shape index (κ1) is 27.3. The van der Waals surface area contributed by atoms with E-state index in [1.165, 1.54) is 6.92 Å². The average molecular weight is 570 g/mol. The third-order valence-corrected chi connectivity index (χ3v) is 4.50. The molecule has 8 nitrogen and oxygen atoms in total. The van der Waals surface area contributed by atoms with Gasteiger partial charge < -0.3 is 20.2 Å². The van der Waals surface area contributed by atoms with Gasteiger partial charge in [-0.15, -0.1) is 0 Å². The van der Waals surface area contributed by atoms with Crippen LogP contribution in [0.1, 0.15) is 36.7 Å². The van der Waals surface area contributed by atoms with Crippen molar-refractivity contribution in [1.29, 1.82) is 0 Å². The van der Waals surface area contributed by atoms with Crippen LogP contribution in [0.4, 0.5) is 0 Å². The Kier molecular flexibility index (Phi) is 12.9.